The molecule has 0 radical (unpaired) electrons. The van der Waals surface area contributed by atoms with Crippen LogP contribution in [0, 0.1) is 19.8 Å². The van der Waals surface area contributed by atoms with Crippen molar-refractivity contribution >= 4 is 0 Å². The number of rotatable bonds is 1. The van der Waals surface area contributed by atoms with Crippen LogP contribution in [0.3, 0.4) is 0 Å². The molecule has 0 aliphatic rings. The van der Waals surface area contributed by atoms with Crippen molar-refractivity contribution in [2.75, 3.05) is 0 Å². The van der Waals surface area contributed by atoms with E-state index >= 15 is 0 Å². The summed E-state index contributed by atoms with van der Waals surface area (Å²) in [6, 6.07) is 9.81. The van der Waals surface area contributed by atoms with Crippen molar-refractivity contribution in [2.45, 2.75) is 13.8 Å². The van der Waals surface area contributed by atoms with Crippen molar-refractivity contribution < 1.29 is 4.39 Å². The van der Waals surface area contributed by atoms with E-state index in [9.17, 15) is 4.39 Å². The van der Waals surface area contributed by atoms with Crippen LogP contribution in [-0.2, 0) is 0 Å². The normalized spacial score (nSPS) is 10.3. The smallest absolute Gasteiger partial charge is 0.216 e. The summed E-state index contributed by atoms with van der Waals surface area (Å²) in [4.78, 5) is 3.70. The van der Waals surface area contributed by atoms with Gasteiger partial charge in [-0.25, -0.2) is 4.98 Å². The minimum absolute atomic E-state index is 0.389. The van der Waals surface area contributed by atoms with Crippen LogP contribution in [0.15, 0.2) is 36.5 Å². The summed E-state index contributed by atoms with van der Waals surface area (Å²) in [7, 11) is 0. The van der Waals surface area contributed by atoms with Crippen molar-refractivity contribution in [3.63, 3.8) is 0 Å². The van der Waals surface area contributed by atoms with Crippen molar-refractivity contribution in [1.29, 1.82) is 0 Å². The molecule has 15 heavy (non-hydrogen) atoms. The molecule has 0 N–H and O–H groups in total. The standard InChI is InChI=1S/C13H12FN/c1-9-8-15-13(14)10(2)12(9)11-6-4-3-5-7-11/h3-8H,1-2H3. The molecule has 0 saturated heterocycles. The Bertz CT molecular complexity index is 477. The summed E-state index contributed by atoms with van der Waals surface area (Å²) in [6.07, 6.45) is 1.57. The lowest BCUT2D eigenvalue weighted by molar-refractivity contribution is 0.574. The number of aromatic nitrogens is 1. The second-order valence-electron chi connectivity index (χ2n) is 3.60. The average Bonchev–Trinajstić information content (AvgIpc) is 2.26. The Morgan fingerprint density at radius 2 is 1.73 bits per heavy atom. The maximum absolute atomic E-state index is 13.3. The molecule has 0 saturated carbocycles. The van der Waals surface area contributed by atoms with Gasteiger partial charge in [0.1, 0.15) is 0 Å². The lowest BCUT2D eigenvalue weighted by Crippen LogP contribution is -1.95. The van der Waals surface area contributed by atoms with E-state index in [4.69, 9.17) is 0 Å². The van der Waals surface area contributed by atoms with Gasteiger partial charge in [-0.2, -0.15) is 4.39 Å². The molecule has 0 spiro atoms. The Labute approximate surface area is 88.6 Å². The first-order valence-corrected chi connectivity index (χ1v) is 4.87. The molecule has 0 atom stereocenters. The molecule has 2 rings (SSSR count). The molecule has 0 fully saturated rings. The topological polar surface area (TPSA) is 12.9 Å². The molecule has 0 aliphatic heterocycles. The minimum Gasteiger partial charge on any atom is -0.228 e. The predicted molar refractivity (Wildman–Crippen MR) is 59.1 cm³/mol. The van der Waals surface area contributed by atoms with Crippen LogP contribution in [0.4, 0.5) is 4.39 Å². The summed E-state index contributed by atoms with van der Waals surface area (Å²) < 4.78 is 13.3. The zero-order valence-corrected chi connectivity index (χ0v) is 8.79. The summed E-state index contributed by atoms with van der Waals surface area (Å²) >= 11 is 0. The Morgan fingerprint density at radius 1 is 1.07 bits per heavy atom. The SMILES string of the molecule is Cc1cnc(F)c(C)c1-c1ccccc1. The fraction of sp³-hybridized carbons (Fsp3) is 0.154. The molecular formula is C13H12FN. The molecule has 1 nitrogen and oxygen atoms in total. The number of halogens is 1. The molecule has 0 unspecified atom stereocenters. The Morgan fingerprint density at radius 3 is 2.40 bits per heavy atom. The zero-order chi connectivity index (χ0) is 10.8. The van der Waals surface area contributed by atoms with Gasteiger partial charge in [0.25, 0.3) is 0 Å². The van der Waals surface area contributed by atoms with E-state index in [0.29, 0.717) is 5.56 Å². The molecule has 1 aromatic heterocycles. The maximum atomic E-state index is 13.3. The number of hydrogen-bond donors (Lipinski definition) is 0. The van der Waals surface area contributed by atoms with E-state index in [1.54, 1.807) is 13.1 Å². The molecule has 1 heterocycles. The van der Waals surface area contributed by atoms with Gasteiger partial charge in [-0.15, -0.1) is 0 Å². The fourth-order valence-electron chi connectivity index (χ4n) is 1.76. The fourth-order valence-corrected chi connectivity index (χ4v) is 1.76. The van der Waals surface area contributed by atoms with Crippen LogP contribution in [0.2, 0.25) is 0 Å². The molecule has 2 aromatic rings. The van der Waals surface area contributed by atoms with Crippen molar-refractivity contribution in [3.05, 3.63) is 53.6 Å². The highest BCUT2D eigenvalue weighted by Gasteiger charge is 2.09. The number of nitrogens with zero attached hydrogens (tertiary/aromatic N) is 1. The van der Waals surface area contributed by atoms with Crippen LogP contribution in [0.5, 0.6) is 0 Å². The monoisotopic (exact) mass is 201 g/mol. The predicted octanol–water partition coefficient (Wildman–Crippen LogP) is 3.50. The Hall–Kier alpha value is -1.70. The van der Waals surface area contributed by atoms with Crippen molar-refractivity contribution in [1.82, 2.24) is 4.98 Å². The zero-order valence-electron chi connectivity index (χ0n) is 8.79. The Kier molecular flexibility index (Phi) is 2.50. The van der Waals surface area contributed by atoms with E-state index in [0.717, 1.165) is 16.7 Å². The van der Waals surface area contributed by atoms with Gasteiger partial charge < -0.3 is 0 Å². The van der Waals surface area contributed by atoms with Gasteiger partial charge in [0.2, 0.25) is 5.95 Å². The summed E-state index contributed by atoms with van der Waals surface area (Å²) in [5.41, 5.74) is 3.60. The van der Waals surface area contributed by atoms with Crippen LogP contribution >= 0.6 is 0 Å². The highest BCUT2D eigenvalue weighted by atomic mass is 19.1. The van der Waals surface area contributed by atoms with Gasteiger partial charge in [0.05, 0.1) is 0 Å². The van der Waals surface area contributed by atoms with Gasteiger partial charge in [-0.1, -0.05) is 30.3 Å². The third kappa shape index (κ3) is 1.75. The molecule has 76 valence electrons. The molecule has 0 amide bonds. The second-order valence-corrected chi connectivity index (χ2v) is 3.60. The molecule has 0 bridgehead atoms. The third-order valence-electron chi connectivity index (χ3n) is 2.51. The van der Waals surface area contributed by atoms with E-state index in [2.05, 4.69) is 4.98 Å². The van der Waals surface area contributed by atoms with Crippen LogP contribution in [0.25, 0.3) is 11.1 Å². The number of benzene rings is 1. The molecule has 2 heteroatoms. The first kappa shape index (κ1) is 9.84. The van der Waals surface area contributed by atoms with Crippen LogP contribution < -0.4 is 0 Å². The molecule has 1 aromatic carbocycles. The highest BCUT2D eigenvalue weighted by Crippen LogP contribution is 2.27. The highest BCUT2D eigenvalue weighted by molar-refractivity contribution is 5.69. The van der Waals surface area contributed by atoms with E-state index < -0.39 is 0 Å². The molecular weight excluding hydrogens is 189 g/mol. The minimum atomic E-state index is -0.389. The largest absolute Gasteiger partial charge is 0.228 e. The van der Waals surface area contributed by atoms with Crippen LogP contribution in [-0.4, -0.2) is 4.98 Å². The van der Waals surface area contributed by atoms with E-state index in [-0.39, 0.29) is 5.95 Å². The lowest BCUT2D eigenvalue weighted by Gasteiger charge is -2.09. The number of aryl methyl sites for hydroxylation is 1. The quantitative estimate of drug-likeness (QED) is 0.643. The number of hydrogen-bond acceptors (Lipinski definition) is 1. The van der Waals surface area contributed by atoms with Crippen LogP contribution in [0.1, 0.15) is 11.1 Å². The van der Waals surface area contributed by atoms with Gasteiger partial charge in [0.15, 0.2) is 0 Å². The van der Waals surface area contributed by atoms with Crippen molar-refractivity contribution in [3.8, 4) is 11.1 Å². The average molecular weight is 201 g/mol. The number of pyridine rings is 1. The van der Waals surface area contributed by atoms with E-state index in [1.807, 2.05) is 37.3 Å². The first-order chi connectivity index (χ1) is 7.20. The lowest BCUT2D eigenvalue weighted by atomic mass is 9.98. The second kappa shape index (κ2) is 3.81. The maximum Gasteiger partial charge on any atom is 0.216 e. The van der Waals surface area contributed by atoms with Crippen molar-refractivity contribution in [2.24, 2.45) is 0 Å². The third-order valence-corrected chi connectivity index (χ3v) is 2.51. The summed E-state index contributed by atoms with van der Waals surface area (Å²) in [5.74, 6) is -0.389. The van der Waals surface area contributed by atoms with Gasteiger partial charge in [-0.3, -0.25) is 0 Å². The molecule has 0 aliphatic carbocycles. The van der Waals surface area contributed by atoms with Gasteiger partial charge in [0, 0.05) is 11.8 Å². The summed E-state index contributed by atoms with van der Waals surface area (Å²) in [5, 5.41) is 0. The van der Waals surface area contributed by atoms with E-state index in [1.165, 1.54) is 0 Å². The van der Waals surface area contributed by atoms with Gasteiger partial charge >= 0.3 is 0 Å². The Balaban J connectivity index is 2.68. The first-order valence-electron chi connectivity index (χ1n) is 4.87. The summed E-state index contributed by atoms with van der Waals surface area (Å²) in [6.45, 7) is 3.71. The van der Waals surface area contributed by atoms with Gasteiger partial charge in [-0.05, 0) is 30.5 Å².